The molecule has 1 saturated carbocycles. The molecule has 1 amide bonds. The molecule has 4 heteroatoms. The number of rotatable bonds is 3. The first-order valence-electron chi connectivity index (χ1n) is 6.77. The van der Waals surface area contributed by atoms with Crippen molar-refractivity contribution in [1.82, 2.24) is 4.90 Å². The fourth-order valence-corrected chi connectivity index (χ4v) is 2.61. The summed E-state index contributed by atoms with van der Waals surface area (Å²) in [5.41, 5.74) is 6.10. The van der Waals surface area contributed by atoms with Gasteiger partial charge in [0, 0.05) is 13.1 Å². The summed E-state index contributed by atoms with van der Waals surface area (Å²) in [6.45, 7) is 0.334. The van der Waals surface area contributed by atoms with Crippen molar-refractivity contribution >= 4 is 5.91 Å². The van der Waals surface area contributed by atoms with Gasteiger partial charge in [-0.25, -0.2) is 0 Å². The van der Waals surface area contributed by atoms with E-state index in [-0.39, 0.29) is 5.91 Å². The molecule has 100 valence electrons. The lowest BCUT2D eigenvalue weighted by Crippen LogP contribution is -2.36. The lowest BCUT2D eigenvalue weighted by molar-refractivity contribution is 0.0717. The Bertz CT molecular complexity index is 392. The lowest BCUT2D eigenvalue weighted by Gasteiger charge is -2.26. The monoisotopic (exact) mass is 250 g/mol. The summed E-state index contributed by atoms with van der Waals surface area (Å²) < 4.78 is 5.22. The highest BCUT2D eigenvalue weighted by Gasteiger charge is 2.23. The van der Waals surface area contributed by atoms with Crippen LogP contribution in [0.25, 0.3) is 0 Å². The van der Waals surface area contributed by atoms with Crippen LogP contribution >= 0.6 is 0 Å². The van der Waals surface area contributed by atoms with Gasteiger partial charge in [0.2, 0.25) is 0 Å². The van der Waals surface area contributed by atoms with Crippen LogP contribution in [0, 0.1) is 0 Å². The minimum atomic E-state index is 0.0466. The molecule has 0 aliphatic heterocycles. The Balaban J connectivity index is 2.02. The summed E-state index contributed by atoms with van der Waals surface area (Å²) in [6.07, 6.45) is 8.78. The first-order valence-corrected chi connectivity index (χ1v) is 6.77. The average molecular weight is 250 g/mol. The molecule has 1 fully saturated rings. The van der Waals surface area contributed by atoms with E-state index in [1.165, 1.54) is 31.9 Å². The molecule has 0 atom stereocenters. The smallest absolute Gasteiger partial charge is 0.257 e. The van der Waals surface area contributed by atoms with E-state index in [0.29, 0.717) is 23.9 Å². The first kappa shape index (κ1) is 13.1. The standard InChI is InChI=1S/C14H22N2O2/c1-16(12-6-4-2-3-5-7-12)14(17)11-8-13(9-15)18-10-11/h8,10,12H,2-7,9,15H2,1H3. The third kappa shape index (κ3) is 2.93. The van der Waals surface area contributed by atoms with Crippen LogP contribution in [0.2, 0.25) is 0 Å². The maximum atomic E-state index is 12.3. The molecule has 1 aliphatic rings. The van der Waals surface area contributed by atoms with Gasteiger partial charge in [0.05, 0.1) is 12.1 Å². The van der Waals surface area contributed by atoms with E-state index in [2.05, 4.69) is 0 Å². The highest BCUT2D eigenvalue weighted by molar-refractivity contribution is 5.94. The van der Waals surface area contributed by atoms with Crippen molar-refractivity contribution in [3.8, 4) is 0 Å². The van der Waals surface area contributed by atoms with E-state index in [1.54, 1.807) is 6.07 Å². The summed E-state index contributed by atoms with van der Waals surface area (Å²) in [4.78, 5) is 14.2. The zero-order chi connectivity index (χ0) is 13.0. The molecule has 1 aromatic rings. The summed E-state index contributed by atoms with van der Waals surface area (Å²) in [5.74, 6) is 0.706. The van der Waals surface area contributed by atoms with Gasteiger partial charge in [-0.15, -0.1) is 0 Å². The van der Waals surface area contributed by atoms with E-state index in [1.807, 2.05) is 11.9 Å². The minimum Gasteiger partial charge on any atom is -0.467 e. The zero-order valence-corrected chi connectivity index (χ0v) is 11.0. The quantitative estimate of drug-likeness (QED) is 0.839. The van der Waals surface area contributed by atoms with Crippen molar-refractivity contribution < 1.29 is 9.21 Å². The van der Waals surface area contributed by atoms with Crippen LogP contribution in [0.4, 0.5) is 0 Å². The number of hydrogen-bond donors (Lipinski definition) is 1. The van der Waals surface area contributed by atoms with Gasteiger partial charge in [0.1, 0.15) is 12.0 Å². The molecule has 0 spiro atoms. The molecule has 0 saturated heterocycles. The van der Waals surface area contributed by atoms with Gasteiger partial charge in [-0.05, 0) is 18.9 Å². The second-order valence-electron chi connectivity index (χ2n) is 5.07. The van der Waals surface area contributed by atoms with Crippen LogP contribution in [0.15, 0.2) is 16.7 Å². The van der Waals surface area contributed by atoms with Crippen LogP contribution in [-0.4, -0.2) is 23.9 Å². The SMILES string of the molecule is CN(C(=O)c1coc(CN)c1)C1CCCCCC1. The number of amides is 1. The van der Waals surface area contributed by atoms with Gasteiger partial charge >= 0.3 is 0 Å². The van der Waals surface area contributed by atoms with Crippen LogP contribution < -0.4 is 5.73 Å². The third-order valence-corrected chi connectivity index (χ3v) is 3.79. The molecule has 18 heavy (non-hydrogen) atoms. The van der Waals surface area contributed by atoms with Crippen molar-refractivity contribution in [2.45, 2.75) is 51.1 Å². The number of carbonyl (C=O) groups excluding carboxylic acids is 1. The molecular weight excluding hydrogens is 228 g/mol. The van der Waals surface area contributed by atoms with Crippen LogP contribution in [-0.2, 0) is 6.54 Å². The molecule has 1 heterocycles. The predicted octanol–water partition coefficient (Wildman–Crippen LogP) is 2.53. The second-order valence-corrected chi connectivity index (χ2v) is 5.07. The van der Waals surface area contributed by atoms with E-state index >= 15 is 0 Å². The van der Waals surface area contributed by atoms with E-state index in [9.17, 15) is 4.79 Å². The van der Waals surface area contributed by atoms with Crippen molar-refractivity contribution in [1.29, 1.82) is 0 Å². The van der Waals surface area contributed by atoms with Crippen LogP contribution in [0.1, 0.15) is 54.6 Å². The Hall–Kier alpha value is -1.29. The summed E-state index contributed by atoms with van der Waals surface area (Å²) in [7, 11) is 1.90. The molecule has 2 N–H and O–H groups in total. The average Bonchev–Trinajstić information content (AvgIpc) is 2.71. The van der Waals surface area contributed by atoms with E-state index in [4.69, 9.17) is 10.2 Å². The fourth-order valence-electron chi connectivity index (χ4n) is 2.61. The van der Waals surface area contributed by atoms with Crippen molar-refractivity contribution in [3.05, 3.63) is 23.7 Å². The van der Waals surface area contributed by atoms with E-state index in [0.717, 1.165) is 12.8 Å². The Morgan fingerprint density at radius 2 is 2.06 bits per heavy atom. The van der Waals surface area contributed by atoms with E-state index < -0.39 is 0 Å². The van der Waals surface area contributed by atoms with Crippen molar-refractivity contribution in [2.24, 2.45) is 5.73 Å². The van der Waals surface area contributed by atoms with Gasteiger partial charge < -0.3 is 15.1 Å². The van der Waals surface area contributed by atoms with Gasteiger partial charge in [0.15, 0.2) is 0 Å². The Morgan fingerprint density at radius 1 is 1.39 bits per heavy atom. The van der Waals surface area contributed by atoms with Gasteiger partial charge in [-0.1, -0.05) is 25.7 Å². The third-order valence-electron chi connectivity index (χ3n) is 3.79. The van der Waals surface area contributed by atoms with Crippen molar-refractivity contribution in [3.63, 3.8) is 0 Å². The number of furan rings is 1. The summed E-state index contributed by atoms with van der Waals surface area (Å²) >= 11 is 0. The van der Waals surface area contributed by atoms with Gasteiger partial charge in [-0.2, -0.15) is 0 Å². The van der Waals surface area contributed by atoms with Crippen LogP contribution in [0.5, 0.6) is 0 Å². The number of nitrogens with zero attached hydrogens (tertiary/aromatic N) is 1. The Labute approximate surface area is 108 Å². The maximum absolute atomic E-state index is 12.3. The molecule has 0 unspecified atom stereocenters. The Kier molecular flexibility index (Phi) is 4.42. The Morgan fingerprint density at radius 3 is 2.61 bits per heavy atom. The molecule has 0 radical (unpaired) electrons. The summed E-state index contributed by atoms with van der Waals surface area (Å²) in [6, 6.07) is 2.12. The first-order chi connectivity index (χ1) is 8.72. The van der Waals surface area contributed by atoms with Gasteiger partial charge in [0.25, 0.3) is 5.91 Å². The number of nitrogens with two attached hydrogens (primary N) is 1. The fraction of sp³-hybridized carbons (Fsp3) is 0.643. The topological polar surface area (TPSA) is 59.5 Å². The zero-order valence-electron chi connectivity index (χ0n) is 11.0. The normalized spacial score (nSPS) is 17.4. The van der Waals surface area contributed by atoms with Crippen LogP contribution in [0.3, 0.4) is 0 Å². The maximum Gasteiger partial charge on any atom is 0.257 e. The highest BCUT2D eigenvalue weighted by atomic mass is 16.3. The predicted molar refractivity (Wildman–Crippen MR) is 70.2 cm³/mol. The minimum absolute atomic E-state index is 0.0466. The number of hydrogen-bond acceptors (Lipinski definition) is 3. The second kappa shape index (κ2) is 6.05. The molecule has 4 nitrogen and oxygen atoms in total. The largest absolute Gasteiger partial charge is 0.467 e. The molecule has 1 aliphatic carbocycles. The molecule has 2 rings (SSSR count). The summed E-state index contributed by atoms with van der Waals surface area (Å²) in [5, 5.41) is 0. The molecule has 1 aromatic heterocycles. The molecular formula is C14H22N2O2. The number of carbonyl (C=O) groups is 1. The van der Waals surface area contributed by atoms with Gasteiger partial charge in [-0.3, -0.25) is 4.79 Å². The molecule has 0 aromatic carbocycles. The molecule has 0 bridgehead atoms. The van der Waals surface area contributed by atoms with Crippen molar-refractivity contribution in [2.75, 3.05) is 7.05 Å². The lowest BCUT2D eigenvalue weighted by atomic mass is 10.1. The highest BCUT2D eigenvalue weighted by Crippen LogP contribution is 2.22.